The van der Waals surface area contributed by atoms with E-state index in [2.05, 4.69) is 0 Å². The van der Waals surface area contributed by atoms with Gasteiger partial charge in [-0.3, -0.25) is 4.98 Å². The van der Waals surface area contributed by atoms with Gasteiger partial charge >= 0.3 is 5.63 Å². The zero-order chi connectivity index (χ0) is 27.6. The van der Waals surface area contributed by atoms with E-state index in [1.54, 1.807) is 25.1 Å². The molecular formula is C32H27NO6. The van der Waals surface area contributed by atoms with Crippen molar-refractivity contribution in [2.24, 2.45) is 0 Å². The number of ether oxygens (including phenoxy) is 1. The van der Waals surface area contributed by atoms with Crippen molar-refractivity contribution < 1.29 is 24.5 Å². The average molecular weight is 522 g/mol. The molecule has 0 spiro atoms. The van der Waals surface area contributed by atoms with Crippen LogP contribution in [0.25, 0.3) is 27.6 Å². The zero-order valence-electron chi connectivity index (χ0n) is 21.9. The maximum atomic E-state index is 13.6. The summed E-state index contributed by atoms with van der Waals surface area (Å²) >= 11 is 0. The van der Waals surface area contributed by atoms with Gasteiger partial charge in [0.1, 0.15) is 22.8 Å². The molecule has 3 heterocycles. The van der Waals surface area contributed by atoms with E-state index in [1.807, 2.05) is 63.2 Å². The van der Waals surface area contributed by atoms with Crippen LogP contribution in [0.5, 0.6) is 11.5 Å². The molecular weight excluding hydrogens is 494 g/mol. The van der Waals surface area contributed by atoms with Gasteiger partial charge in [-0.05, 0) is 74.2 Å². The fourth-order valence-corrected chi connectivity index (χ4v) is 5.63. The van der Waals surface area contributed by atoms with Crippen LogP contribution in [0.2, 0.25) is 0 Å². The van der Waals surface area contributed by atoms with E-state index in [4.69, 9.17) is 14.1 Å². The molecule has 0 amide bonds. The lowest BCUT2D eigenvalue weighted by molar-refractivity contribution is 0.00572. The first-order chi connectivity index (χ1) is 18.6. The van der Waals surface area contributed by atoms with Crippen LogP contribution in [-0.4, -0.2) is 26.6 Å². The van der Waals surface area contributed by atoms with Crippen LogP contribution < -0.4 is 10.4 Å². The highest BCUT2D eigenvalue weighted by atomic mass is 16.6. The van der Waals surface area contributed by atoms with Crippen LogP contribution in [0, 0.1) is 27.7 Å². The third-order valence-corrected chi connectivity index (χ3v) is 7.30. The highest BCUT2D eigenvalue weighted by molar-refractivity contribution is 5.88. The number of aliphatic hydroxyl groups excluding tert-OH is 2. The number of fused-ring (bicyclic) bond motifs is 3. The zero-order valence-corrected chi connectivity index (χ0v) is 21.9. The first-order valence-electron chi connectivity index (χ1n) is 12.7. The van der Waals surface area contributed by atoms with Gasteiger partial charge in [-0.2, -0.15) is 0 Å². The fourth-order valence-electron chi connectivity index (χ4n) is 5.63. The minimum absolute atomic E-state index is 0.0124. The van der Waals surface area contributed by atoms with Gasteiger partial charge in [0.05, 0.1) is 39.2 Å². The van der Waals surface area contributed by atoms with Crippen molar-refractivity contribution in [2.45, 2.75) is 39.9 Å². The molecule has 0 saturated heterocycles. The average Bonchev–Trinajstić information content (AvgIpc) is 2.89. The van der Waals surface area contributed by atoms with Crippen LogP contribution in [0.3, 0.4) is 0 Å². The number of aliphatic hydroxyl groups is 2. The van der Waals surface area contributed by atoms with Gasteiger partial charge in [0.2, 0.25) is 6.29 Å². The third-order valence-electron chi connectivity index (χ3n) is 7.30. The number of nitrogens with zero attached hydrogens (tertiary/aromatic N) is 1. The number of aromatic nitrogens is 1. The summed E-state index contributed by atoms with van der Waals surface area (Å²) < 4.78 is 11.7. The summed E-state index contributed by atoms with van der Waals surface area (Å²) in [5.41, 5.74) is 3.88. The molecule has 0 bridgehead atoms. The Labute approximate surface area is 224 Å². The summed E-state index contributed by atoms with van der Waals surface area (Å²) in [4.78, 5) is 18.4. The van der Waals surface area contributed by atoms with Crippen molar-refractivity contribution in [2.75, 3.05) is 0 Å². The quantitative estimate of drug-likeness (QED) is 0.246. The molecule has 196 valence electrons. The summed E-state index contributed by atoms with van der Waals surface area (Å²) in [5.74, 6) is -1.37. The molecule has 6 rings (SSSR count). The minimum Gasteiger partial charge on any atom is -0.507 e. The number of aryl methyl sites for hydroxylation is 4. The van der Waals surface area contributed by atoms with Crippen LogP contribution in [0.1, 0.15) is 45.0 Å². The van der Waals surface area contributed by atoms with E-state index >= 15 is 0 Å². The molecule has 0 aliphatic carbocycles. The largest absolute Gasteiger partial charge is 0.507 e. The van der Waals surface area contributed by atoms with Gasteiger partial charge in [0.15, 0.2) is 0 Å². The SMILES string of the molecule is Cc1cc(C)c2c(c1)C(O)=C(C(c1ccc3ccccc3n1)c1c(O)c3cc(C)cc(C)c3oc1=O)C(O)O2. The molecule has 3 aromatic carbocycles. The molecule has 1 aliphatic heterocycles. The Morgan fingerprint density at radius 2 is 1.62 bits per heavy atom. The maximum Gasteiger partial charge on any atom is 0.344 e. The van der Waals surface area contributed by atoms with Gasteiger partial charge in [-0.15, -0.1) is 0 Å². The normalized spacial score (nSPS) is 15.9. The molecule has 3 N–H and O–H groups in total. The van der Waals surface area contributed by atoms with Crippen molar-refractivity contribution in [1.82, 2.24) is 4.98 Å². The second kappa shape index (κ2) is 8.99. The van der Waals surface area contributed by atoms with E-state index in [1.165, 1.54) is 0 Å². The van der Waals surface area contributed by atoms with E-state index in [9.17, 15) is 20.1 Å². The molecule has 5 aromatic rings. The van der Waals surface area contributed by atoms with Crippen LogP contribution in [0.15, 0.2) is 75.4 Å². The lowest BCUT2D eigenvalue weighted by atomic mass is 9.83. The Bertz CT molecular complexity index is 1900. The van der Waals surface area contributed by atoms with Gasteiger partial charge in [-0.25, -0.2) is 4.79 Å². The van der Waals surface area contributed by atoms with Crippen molar-refractivity contribution >= 4 is 27.6 Å². The summed E-state index contributed by atoms with van der Waals surface area (Å²) in [5, 5.41) is 35.7. The molecule has 7 nitrogen and oxygen atoms in total. The summed E-state index contributed by atoms with van der Waals surface area (Å²) in [7, 11) is 0. The van der Waals surface area contributed by atoms with Crippen LogP contribution in [0.4, 0.5) is 0 Å². The van der Waals surface area contributed by atoms with Gasteiger partial charge in [-0.1, -0.05) is 36.4 Å². The smallest absolute Gasteiger partial charge is 0.344 e. The monoisotopic (exact) mass is 521 g/mol. The first kappa shape index (κ1) is 24.7. The van der Waals surface area contributed by atoms with E-state index in [-0.39, 0.29) is 28.2 Å². The molecule has 7 heteroatoms. The predicted octanol–water partition coefficient (Wildman–Crippen LogP) is 6.09. The Hall–Kier alpha value is -4.62. The molecule has 2 aromatic heterocycles. The van der Waals surface area contributed by atoms with Crippen LogP contribution >= 0.6 is 0 Å². The Kier molecular flexibility index (Phi) is 5.70. The number of pyridine rings is 1. The second-order valence-corrected chi connectivity index (χ2v) is 10.2. The maximum absolute atomic E-state index is 13.6. The Morgan fingerprint density at radius 1 is 0.897 bits per heavy atom. The topological polar surface area (TPSA) is 113 Å². The summed E-state index contributed by atoms with van der Waals surface area (Å²) in [6.45, 7) is 7.40. The van der Waals surface area contributed by atoms with Gasteiger partial charge < -0.3 is 24.5 Å². The molecule has 2 unspecified atom stereocenters. The molecule has 2 atom stereocenters. The van der Waals surface area contributed by atoms with Crippen LogP contribution in [-0.2, 0) is 0 Å². The van der Waals surface area contributed by atoms with E-state index < -0.39 is 17.8 Å². The summed E-state index contributed by atoms with van der Waals surface area (Å²) in [6.07, 6.45) is -1.62. The number of rotatable bonds is 3. The van der Waals surface area contributed by atoms with Gasteiger partial charge in [0.25, 0.3) is 0 Å². The molecule has 1 aliphatic rings. The third kappa shape index (κ3) is 3.94. The lowest BCUT2D eigenvalue weighted by Crippen LogP contribution is -2.31. The van der Waals surface area contributed by atoms with Crippen molar-refractivity contribution in [1.29, 1.82) is 0 Å². The van der Waals surface area contributed by atoms with Crippen molar-refractivity contribution in [3.8, 4) is 11.5 Å². The molecule has 0 saturated carbocycles. The van der Waals surface area contributed by atoms with Crippen molar-refractivity contribution in [3.05, 3.63) is 116 Å². The Morgan fingerprint density at radius 3 is 2.41 bits per heavy atom. The lowest BCUT2D eigenvalue weighted by Gasteiger charge is -2.31. The number of aromatic hydroxyl groups is 1. The number of benzene rings is 3. The predicted molar refractivity (Wildman–Crippen MR) is 149 cm³/mol. The summed E-state index contributed by atoms with van der Waals surface area (Å²) in [6, 6.07) is 18.3. The first-order valence-corrected chi connectivity index (χ1v) is 12.7. The van der Waals surface area contributed by atoms with Gasteiger partial charge in [0, 0.05) is 5.39 Å². The number of hydrogen-bond donors (Lipinski definition) is 3. The fraction of sp³-hybridized carbons (Fsp3) is 0.188. The van der Waals surface area contributed by atoms with E-state index in [0.717, 1.165) is 22.1 Å². The second-order valence-electron chi connectivity index (χ2n) is 10.2. The van der Waals surface area contributed by atoms with E-state index in [0.29, 0.717) is 33.5 Å². The standard InChI is InChI=1S/C32H27NO6/c1-15-11-17(3)29-20(13-15)27(34)25(31(36)38-29)24(23-10-9-19-7-5-6-8-22(19)33-23)26-28(35)21-14-16(2)12-18(4)30(21)39-32(26)37/h5-14,24,31,34-36H,1-4H3. The minimum atomic E-state index is -1.62. The molecule has 0 fully saturated rings. The number of hydrogen-bond acceptors (Lipinski definition) is 7. The Balaban J connectivity index is 1.71. The molecule has 39 heavy (non-hydrogen) atoms. The highest BCUT2D eigenvalue weighted by Gasteiger charge is 2.39. The molecule has 0 radical (unpaired) electrons. The van der Waals surface area contributed by atoms with Crippen molar-refractivity contribution in [3.63, 3.8) is 0 Å². The number of para-hydroxylation sites is 1. The highest BCUT2D eigenvalue weighted by Crippen LogP contribution is 2.46.